The molecule has 0 saturated carbocycles. The maximum Gasteiger partial charge on any atom is 0.291 e. The number of amides is 1. The lowest BCUT2D eigenvalue weighted by molar-refractivity contribution is 0.0996. The third-order valence-corrected chi connectivity index (χ3v) is 2.87. The van der Waals surface area contributed by atoms with Crippen LogP contribution in [0.5, 0.6) is 0 Å². The van der Waals surface area contributed by atoms with Gasteiger partial charge >= 0.3 is 0 Å². The van der Waals surface area contributed by atoms with Crippen LogP contribution in [-0.4, -0.2) is 5.91 Å². The molecule has 1 heterocycles. The van der Waals surface area contributed by atoms with Crippen molar-refractivity contribution in [3.8, 4) is 0 Å². The summed E-state index contributed by atoms with van der Waals surface area (Å²) in [6.45, 7) is 1.78. The highest BCUT2D eigenvalue weighted by Crippen LogP contribution is 2.24. The van der Waals surface area contributed by atoms with E-state index in [1.165, 1.54) is 12.3 Å². The summed E-state index contributed by atoms with van der Waals surface area (Å²) in [6.07, 6.45) is 1.41. The minimum absolute atomic E-state index is 0.188. The van der Waals surface area contributed by atoms with E-state index < -0.39 is 11.7 Å². The standard InChI is InChI=1S/C12H9BrFNO2/c1-7-5-8(13)9(14)6-10(7)15-12(16)11-3-2-4-17-11/h2-6H,1H3,(H,15,16). The molecule has 1 aromatic carbocycles. The smallest absolute Gasteiger partial charge is 0.291 e. The van der Waals surface area contributed by atoms with E-state index in [-0.39, 0.29) is 5.76 Å². The summed E-state index contributed by atoms with van der Waals surface area (Å²) in [5.41, 5.74) is 1.19. The van der Waals surface area contributed by atoms with Crippen molar-refractivity contribution in [1.82, 2.24) is 0 Å². The van der Waals surface area contributed by atoms with Gasteiger partial charge in [0.05, 0.1) is 10.7 Å². The van der Waals surface area contributed by atoms with E-state index in [1.54, 1.807) is 25.1 Å². The van der Waals surface area contributed by atoms with Crippen molar-refractivity contribution in [2.24, 2.45) is 0 Å². The van der Waals surface area contributed by atoms with Crippen LogP contribution in [0, 0.1) is 12.7 Å². The van der Waals surface area contributed by atoms with Crippen molar-refractivity contribution in [2.45, 2.75) is 6.92 Å². The number of anilines is 1. The molecule has 0 spiro atoms. The molecule has 5 heteroatoms. The fraction of sp³-hybridized carbons (Fsp3) is 0.0833. The van der Waals surface area contributed by atoms with E-state index in [0.29, 0.717) is 10.2 Å². The summed E-state index contributed by atoms with van der Waals surface area (Å²) < 4.78 is 18.6. The summed E-state index contributed by atoms with van der Waals surface area (Å²) in [7, 11) is 0. The zero-order chi connectivity index (χ0) is 12.4. The van der Waals surface area contributed by atoms with Gasteiger partial charge in [0.2, 0.25) is 0 Å². The highest BCUT2D eigenvalue weighted by atomic mass is 79.9. The molecule has 1 aromatic heterocycles. The molecule has 0 saturated heterocycles. The number of benzene rings is 1. The highest BCUT2D eigenvalue weighted by molar-refractivity contribution is 9.10. The fourth-order valence-electron chi connectivity index (χ4n) is 1.37. The average Bonchev–Trinajstić information content (AvgIpc) is 2.79. The van der Waals surface area contributed by atoms with Gasteiger partial charge in [-0.15, -0.1) is 0 Å². The van der Waals surface area contributed by atoms with Gasteiger partial charge in [-0.05, 0) is 52.7 Å². The number of furan rings is 1. The largest absolute Gasteiger partial charge is 0.459 e. The number of carbonyl (C=O) groups is 1. The lowest BCUT2D eigenvalue weighted by atomic mass is 10.2. The Morgan fingerprint density at radius 2 is 2.24 bits per heavy atom. The monoisotopic (exact) mass is 297 g/mol. The van der Waals surface area contributed by atoms with Crippen LogP contribution in [0.4, 0.5) is 10.1 Å². The molecule has 0 bridgehead atoms. The van der Waals surface area contributed by atoms with E-state index in [9.17, 15) is 9.18 Å². The van der Waals surface area contributed by atoms with Crippen LogP contribution in [0.15, 0.2) is 39.4 Å². The first kappa shape index (κ1) is 11.9. The van der Waals surface area contributed by atoms with Crippen LogP contribution in [0.25, 0.3) is 0 Å². The number of aryl methyl sites for hydroxylation is 1. The summed E-state index contributed by atoms with van der Waals surface area (Å²) in [5, 5.41) is 2.59. The maximum atomic E-state index is 13.3. The quantitative estimate of drug-likeness (QED) is 0.917. The third kappa shape index (κ3) is 2.55. The van der Waals surface area contributed by atoms with Crippen molar-refractivity contribution in [2.75, 3.05) is 5.32 Å². The average molecular weight is 298 g/mol. The zero-order valence-electron chi connectivity index (χ0n) is 8.96. The first-order valence-corrected chi connectivity index (χ1v) is 5.67. The Morgan fingerprint density at radius 3 is 2.88 bits per heavy atom. The van der Waals surface area contributed by atoms with Crippen molar-refractivity contribution < 1.29 is 13.6 Å². The van der Waals surface area contributed by atoms with Gasteiger partial charge in [0.15, 0.2) is 5.76 Å². The molecule has 0 atom stereocenters. The second kappa shape index (κ2) is 4.71. The lowest BCUT2D eigenvalue weighted by Gasteiger charge is -2.08. The Balaban J connectivity index is 2.25. The van der Waals surface area contributed by atoms with E-state index in [0.717, 1.165) is 5.56 Å². The molecule has 1 N–H and O–H groups in total. The van der Waals surface area contributed by atoms with Gasteiger partial charge in [-0.2, -0.15) is 0 Å². The Bertz CT molecular complexity index is 552. The molecule has 2 aromatic rings. The molecule has 0 aliphatic carbocycles. The molecule has 0 aliphatic rings. The van der Waals surface area contributed by atoms with Crippen molar-refractivity contribution in [3.63, 3.8) is 0 Å². The molecule has 0 unspecified atom stereocenters. The van der Waals surface area contributed by atoms with E-state index in [1.807, 2.05) is 0 Å². The number of halogens is 2. The molecule has 88 valence electrons. The Kier molecular flexibility index (Phi) is 3.28. The van der Waals surface area contributed by atoms with Crippen LogP contribution in [0.3, 0.4) is 0 Å². The number of hydrogen-bond acceptors (Lipinski definition) is 2. The van der Waals surface area contributed by atoms with Crippen molar-refractivity contribution in [1.29, 1.82) is 0 Å². The lowest BCUT2D eigenvalue weighted by Crippen LogP contribution is -2.12. The van der Waals surface area contributed by atoms with Gasteiger partial charge in [-0.1, -0.05) is 0 Å². The predicted molar refractivity (Wildman–Crippen MR) is 65.5 cm³/mol. The van der Waals surface area contributed by atoms with E-state index in [4.69, 9.17) is 4.42 Å². The van der Waals surface area contributed by atoms with Crippen LogP contribution in [0.2, 0.25) is 0 Å². The molecular weight excluding hydrogens is 289 g/mol. The normalized spacial score (nSPS) is 10.3. The van der Waals surface area contributed by atoms with Gasteiger partial charge in [-0.3, -0.25) is 4.79 Å². The van der Waals surface area contributed by atoms with Gasteiger partial charge in [0.25, 0.3) is 5.91 Å². The second-order valence-electron chi connectivity index (χ2n) is 3.51. The van der Waals surface area contributed by atoms with Crippen molar-refractivity contribution in [3.05, 3.63) is 52.1 Å². The molecule has 1 amide bonds. The molecule has 2 rings (SSSR count). The number of rotatable bonds is 2. The van der Waals surface area contributed by atoms with Gasteiger partial charge in [0, 0.05) is 5.69 Å². The molecule has 0 fully saturated rings. The summed E-state index contributed by atoms with van der Waals surface area (Å²) >= 11 is 3.08. The molecular formula is C12H9BrFNO2. The zero-order valence-corrected chi connectivity index (χ0v) is 10.5. The number of hydrogen-bond donors (Lipinski definition) is 1. The summed E-state index contributed by atoms with van der Waals surface area (Å²) in [5.74, 6) is -0.641. The maximum absolute atomic E-state index is 13.3. The predicted octanol–water partition coefficient (Wildman–Crippen LogP) is 3.74. The Hall–Kier alpha value is -1.62. The van der Waals surface area contributed by atoms with Gasteiger partial charge in [-0.25, -0.2) is 4.39 Å². The Morgan fingerprint density at radius 1 is 1.47 bits per heavy atom. The highest BCUT2D eigenvalue weighted by Gasteiger charge is 2.12. The Labute approximate surface area is 106 Å². The van der Waals surface area contributed by atoms with Crippen LogP contribution < -0.4 is 5.32 Å². The van der Waals surface area contributed by atoms with E-state index in [2.05, 4.69) is 21.2 Å². The minimum Gasteiger partial charge on any atom is -0.459 e. The fourth-order valence-corrected chi connectivity index (χ4v) is 1.83. The molecule has 0 aliphatic heterocycles. The SMILES string of the molecule is Cc1cc(Br)c(F)cc1NC(=O)c1ccco1. The van der Waals surface area contributed by atoms with Crippen LogP contribution in [-0.2, 0) is 0 Å². The van der Waals surface area contributed by atoms with Crippen molar-refractivity contribution >= 4 is 27.5 Å². The summed E-state index contributed by atoms with van der Waals surface area (Å²) in [6, 6.07) is 6.02. The topological polar surface area (TPSA) is 42.2 Å². The number of carbonyl (C=O) groups excluding carboxylic acids is 1. The first-order chi connectivity index (χ1) is 8.08. The van der Waals surface area contributed by atoms with Gasteiger partial charge < -0.3 is 9.73 Å². The van der Waals surface area contributed by atoms with Gasteiger partial charge in [0.1, 0.15) is 5.82 Å². The summed E-state index contributed by atoms with van der Waals surface area (Å²) in [4.78, 5) is 11.7. The molecule has 0 radical (unpaired) electrons. The van der Waals surface area contributed by atoms with Crippen LogP contribution in [0.1, 0.15) is 16.1 Å². The third-order valence-electron chi connectivity index (χ3n) is 2.26. The minimum atomic E-state index is -0.426. The van der Waals surface area contributed by atoms with Crippen LogP contribution >= 0.6 is 15.9 Å². The second-order valence-corrected chi connectivity index (χ2v) is 4.37. The van der Waals surface area contributed by atoms with E-state index >= 15 is 0 Å². The number of nitrogens with one attached hydrogen (secondary N) is 1. The molecule has 17 heavy (non-hydrogen) atoms. The molecule has 3 nitrogen and oxygen atoms in total. The first-order valence-electron chi connectivity index (χ1n) is 4.88.